The molecule has 9 heteroatoms. The topological polar surface area (TPSA) is 116 Å². The highest BCUT2D eigenvalue weighted by molar-refractivity contribution is 7.92. The number of rotatable bonds is 4. The lowest BCUT2D eigenvalue weighted by Gasteiger charge is -2.18. The van der Waals surface area contributed by atoms with Gasteiger partial charge in [-0.05, 0) is 12.1 Å². The summed E-state index contributed by atoms with van der Waals surface area (Å²) in [6.07, 6.45) is 3.81. The number of aromatic carboxylic acids is 1. The van der Waals surface area contributed by atoms with Crippen molar-refractivity contribution in [2.45, 2.75) is 5.03 Å². The number of aromatic nitrogens is 3. The van der Waals surface area contributed by atoms with E-state index >= 15 is 0 Å². The van der Waals surface area contributed by atoms with Gasteiger partial charge in [-0.15, -0.1) is 0 Å². The van der Waals surface area contributed by atoms with Crippen LogP contribution in [0.3, 0.4) is 0 Å². The second kappa shape index (κ2) is 4.69. The Morgan fingerprint density at radius 3 is 2.74 bits per heavy atom. The second-order valence-corrected chi connectivity index (χ2v) is 5.51. The molecular weight excluding hydrogens is 272 g/mol. The number of aromatic amines is 1. The Morgan fingerprint density at radius 2 is 2.16 bits per heavy atom. The maximum Gasteiger partial charge on any atom is 0.340 e. The van der Waals surface area contributed by atoms with E-state index in [1.54, 1.807) is 12.1 Å². The first-order valence-corrected chi connectivity index (χ1v) is 6.54. The molecule has 2 heterocycles. The molecule has 0 atom stereocenters. The Morgan fingerprint density at radius 1 is 1.42 bits per heavy atom. The molecule has 0 unspecified atom stereocenters. The molecule has 2 aromatic heterocycles. The van der Waals surface area contributed by atoms with Crippen molar-refractivity contribution in [2.75, 3.05) is 11.4 Å². The maximum atomic E-state index is 12.3. The zero-order valence-electron chi connectivity index (χ0n) is 9.81. The summed E-state index contributed by atoms with van der Waals surface area (Å²) >= 11 is 0. The predicted octanol–water partition coefficient (Wildman–Crippen LogP) is 0.328. The molecule has 2 aromatic rings. The van der Waals surface area contributed by atoms with Gasteiger partial charge in [0, 0.05) is 13.2 Å². The van der Waals surface area contributed by atoms with Crippen LogP contribution in [-0.4, -0.2) is 41.7 Å². The van der Waals surface area contributed by atoms with Gasteiger partial charge in [-0.1, -0.05) is 0 Å². The van der Waals surface area contributed by atoms with Gasteiger partial charge in [0.25, 0.3) is 10.0 Å². The fourth-order valence-corrected chi connectivity index (χ4v) is 2.68. The quantitative estimate of drug-likeness (QED) is 0.834. The summed E-state index contributed by atoms with van der Waals surface area (Å²) in [5.41, 5.74) is -0.0934. The van der Waals surface area contributed by atoms with Crippen LogP contribution < -0.4 is 4.31 Å². The Bertz CT molecular complexity index is 695. The Kier molecular flexibility index (Phi) is 3.21. The third-order valence-corrected chi connectivity index (χ3v) is 4.22. The van der Waals surface area contributed by atoms with Gasteiger partial charge in [-0.3, -0.25) is 14.4 Å². The lowest BCUT2D eigenvalue weighted by molar-refractivity contribution is 0.0692. The molecule has 19 heavy (non-hydrogen) atoms. The number of nitrogens with zero attached hydrogens (tertiary/aromatic N) is 3. The third-order valence-electron chi connectivity index (χ3n) is 2.46. The van der Waals surface area contributed by atoms with Crippen molar-refractivity contribution in [2.24, 2.45) is 0 Å². The number of carboxylic acid groups (broad SMARTS) is 1. The molecule has 0 saturated heterocycles. The van der Waals surface area contributed by atoms with Gasteiger partial charge in [0.05, 0.1) is 18.1 Å². The molecule has 0 aromatic carbocycles. The van der Waals surface area contributed by atoms with Crippen LogP contribution in [0.15, 0.2) is 35.7 Å². The number of hydrogen-bond donors (Lipinski definition) is 2. The molecule has 2 rings (SSSR count). The van der Waals surface area contributed by atoms with Gasteiger partial charge in [-0.2, -0.15) is 13.5 Å². The second-order valence-electron chi connectivity index (χ2n) is 3.60. The lowest BCUT2D eigenvalue weighted by atomic mass is 10.4. The summed E-state index contributed by atoms with van der Waals surface area (Å²) in [5.74, 6) is -1.37. The van der Waals surface area contributed by atoms with Crippen molar-refractivity contribution in [3.63, 3.8) is 0 Å². The van der Waals surface area contributed by atoms with Gasteiger partial charge < -0.3 is 5.11 Å². The van der Waals surface area contributed by atoms with Gasteiger partial charge in [0.2, 0.25) is 0 Å². The van der Waals surface area contributed by atoms with E-state index in [1.165, 1.54) is 19.4 Å². The number of pyridine rings is 1. The highest BCUT2D eigenvalue weighted by atomic mass is 32.2. The fourth-order valence-electron chi connectivity index (χ4n) is 1.44. The van der Waals surface area contributed by atoms with E-state index < -0.39 is 26.6 Å². The van der Waals surface area contributed by atoms with Crippen LogP contribution in [0.5, 0.6) is 0 Å². The van der Waals surface area contributed by atoms with Crippen LogP contribution in [0, 0.1) is 0 Å². The Balaban J connectivity index is 2.49. The van der Waals surface area contributed by atoms with Crippen LogP contribution in [0.25, 0.3) is 0 Å². The highest BCUT2D eigenvalue weighted by Gasteiger charge is 2.29. The van der Waals surface area contributed by atoms with Crippen LogP contribution >= 0.6 is 0 Å². The lowest BCUT2D eigenvalue weighted by Crippen LogP contribution is -2.28. The van der Waals surface area contributed by atoms with Crippen LogP contribution in [0.1, 0.15) is 10.4 Å². The molecule has 100 valence electrons. The third kappa shape index (κ3) is 2.27. The largest absolute Gasteiger partial charge is 0.478 e. The predicted molar refractivity (Wildman–Crippen MR) is 65.4 cm³/mol. The summed E-state index contributed by atoms with van der Waals surface area (Å²) in [4.78, 5) is 14.7. The minimum Gasteiger partial charge on any atom is -0.478 e. The smallest absolute Gasteiger partial charge is 0.340 e. The number of sulfonamides is 1. The molecule has 0 radical (unpaired) electrons. The first kappa shape index (κ1) is 13.0. The highest BCUT2D eigenvalue weighted by Crippen LogP contribution is 2.21. The van der Waals surface area contributed by atoms with E-state index in [0.29, 0.717) is 5.69 Å². The SMILES string of the molecule is CN(c1cccnc1)S(=O)(=O)c1[nH]ncc1C(=O)O. The minimum atomic E-state index is -4.03. The van der Waals surface area contributed by atoms with Crippen LogP contribution in [0.2, 0.25) is 0 Å². The first-order valence-electron chi connectivity index (χ1n) is 5.10. The Labute approximate surface area is 108 Å². The summed E-state index contributed by atoms with van der Waals surface area (Å²) in [6, 6.07) is 3.12. The van der Waals surface area contributed by atoms with Crippen LogP contribution in [0.4, 0.5) is 5.69 Å². The van der Waals surface area contributed by atoms with Crippen molar-refractivity contribution in [3.05, 3.63) is 36.3 Å². The normalized spacial score (nSPS) is 11.2. The molecule has 0 bridgehead atoms. The van der Waals surface area contributed by atoms with Crippen molar-refractivity contribution < 1.29 is 18.3 Å². The molecule has 0 saturated carbocycles. The summed E-state index contributed by atoms with van der Waals surface area (Å²) in [5, 5.41) is 14.1. The molecule has 0 aliphatic heterocycles. The molecule has 0 amide bonds. The minimum absolute atomic E-state index is 0.313. The number of nitrogens with one attached hydrogen (secondary N) is 1. The zero-order chi connectivity index (χ0) is 14.0. The molecule has 0 aliphatic carbocycles. The van der Waals surface area contributed by atoms with E-state index in [9.17, 15) is 13.2 Å². The number of carboxylic acids is 1. The number of hydrogen-bond acceptors (Lipinski definition) is 5. The molecular formula is C10H10N4O4S. The summed E-state index contributed by atoms with van der Waals surface area (Å²) < 4.78 is 25.5. The maximum absolute atomic E-state index is 12.3. The van der Waals surface area contributed by atoms with Crippen molar-refractivity contribution in [3.8, 4) is 0 Å². The summed E-state index contributed by atoms with van der Waals surface area (Å²) in [6.45, 7) is 0. The average molecular weight is 282 g/mol. The monoisotopic (exact) mass is 282 g/mol. The summed E-state index contributed by atoms with van der Waals surface area (Å²) in [7, 11) is -2.73. The van der Waals surface area contributed by atoms with Crippen molar-refractivity contribution in [1.29, 1.82) is 0 Å². The molecule has 0 aliphatic rings. The molecule has 0 spiro atoms. The standard InChI is InChI=1S/C10H10N4O4S/c1-14(7-3-2-4-11-5-7)19(17,18)9-8(10(15)16)6-12-13-9/h2-6H,1H3,(H,12,13)(H,15,16). The van der Waals surface area contributed by atoms with E-state index in [0.717, 1.165) is 10.5 Å². The van der Waals surface area contributed by atoms with Crippen LogP contribution in [-0.2, 0) is 10.0 Å². The molecule has 2 N–H and O–H groups in total. The number of H-pyrrole nitrogens is 1. The van der Waals surface area contributed by atoms with Gasteiger partial charge in [-0.25, -0.2) is 4.79 Å². The fraction of sp³-hybridized carbons (Fsp3) is 0.100. The van der Waals surface area contributed by atoms with Crippen molar-refractivity contribution in [1.82, 2.24) is 15.2 Å². The molecule has 0 fully saturated rings. The van der Waals surface area contributed by atoms with E-state index in [-0.39, 0.29) is 0 Å². The number of carbonyl (C=O) groups is 1. The van der Waals surface area contributed by atoms with Gasteiger partial charge >= 0.3 is 5.97 Å². The molecule has 8 nitrogen and oxygen atoms in total. The van der Waals surface area contributed by atoms with Crippen molar-refractivity contribution >= 4 is 21.7 Å². The van der Waals surface area contributed by atoms with E-state index in [4.69, 9.17) is 5.11 Å². The Hall–Kier alpha value is -2.42. The van der Waals surface area contributed by atoms with E-state index in [1.807, 2.05) is 0 Å². The van der Waals surface area contributed by atoms with Gasteiger partial charge in [0.15, 0.2) is 5.03 Å². The number of anilines is 1. The zero-order valence-corrected chi connectivity index (χ0v) is 10.6. The first-order chi connectivity index (χ1) is 8.94. The van der Waals surface area contributed by atoms with Gasteiger partial charge in [0.1, 0.15) is 5.56 Å². The average Bonchev–Trinajstić information content (AvgIpc) is 2.89. The van der Waals surface area contributed by atoms with E-state index in [2.05, 4.69) is 15.2 Å².